The van der Waals surface area contributed by atoms with Gasteiger partial charge in [-0.15, -0.1) is 0 Å². The van der Waals surface area contributed by atoms with Crippen molar-refractivity contribution in [3.05, 3.63) is 30.3 Å². The molecule has 0 aliphatic heterocycles. The number of allylic oxidation sites excluding steroid dienone is 3. The lowest BCUT2D eigenvalue weighted by Crippen LogP contribution is -2.36. The van der Waals surface area contributed by atoms with E-state index in [9.17, 15) is 0 Å². The SMILES string of the molecule is CC(NC1=C[CH]CC=C1)C(O)O. The fraction of sp³-hybridized carbons (Fsp3) is 0.444. The smallest absolute Gasteiger partial charge is 0.171 e. The molecule has 0 aromatic rings. The van der Waals surface area contributed by atoms with E-state index in [0.717, 1.165) is 12.1 Å². The van der Waals surface area contributed by atoms with Gasteiger partial charge in [-0.2, -0.15) is 0 Å². The predicted octanol–water partition coefficient (Wildman–Crippen LogP) is 0.323. The summed E-state index contributed by atoms with van der Waals surface area (Å²) >= 11 is 0. The molecule has 1 radical (unpaired) electrons. The molecule has 0 bridgehead atoms. The fourth-order valence-corrected chi connectivity index (χ4v) is 0.958. The Labute approximate surface area is 72.4 Å². The van der Waals surface area contributed by atoms with E-state index in [2.05, 4.69) is 5.32 Å². The number of nitrogens with one attached hydrogen (secondary N) is 1. The molecule has 0 heterocycles. The van der Waals surface area contributed by atoms with Gasteiger partial charge in [-0.1, -0.05) is 12.2 Å². The lowest BCUT2D eigenvalue weighted by Gasteiger charge is -2.18. The van der Waals surface area contributed by atoms with Gasteiger partial charge in [-0.05, 0) is 25.8 Å². The minimum Gasteiger partial charge on any atom is -0.378 e. The normalized spacial score (nSPS) is 19.2. The van der Waals surface area contributed by atoms with Gasteiger partial charge < -0.3 is 15.5 Å². The van der Waals surface area contributed by atoms with Crippen LogP contribution < -0.4 is 5.32 Å². The van der Waals surface area contributed by atoms with Gasteiger partial charge in [0.2, 0.25) is 0 Å². The van der Waals surface area contributed by atoms with Crippen molar-refractivity contribution in [1.29, 1.82) is 0 Å². The molecular weight excluding hydrogens is 154 g/mol. The van der Waals surface area contributed by atoms with Crippen LogP contribution in [-0.4, -0.2) is 22.5 Å². The van der Waals surface area contributed by atoms with Gasteiger partial charge in [0.1, 0.15) is 0 Å². The molecule has 3 N–H and O–H groups in total. The average molecular weight is 168 g/mol. The summed E-state index contributed by atoms with van der Waals surface area (Å²) in [5.41, 5.74) is 0.918. The van der Waals surface area contributed by atoms with Crippen molar-refractivity contribution in [2.24, 2.45) is 0 Å². The van der Waals surface area contributed by atoms with E-state index < -0.39 is 6.29 Å². The molecule has 0 fully saturated rings. The summed E-state index contributed by atoms with van der Waals surface area (Å²) < 4.78 is 0. The van der Waals surface area contributed by atoms with E-state index in [4.69, 9.17) is 10.2 Å². The standard InChI is InChI=1S/C9H14NO2/c1-7(9(11)12)10-8-5-3-2-4-6-8/h3-7,9-12H,2H2,1H3. The highest BCUT2D eigenvalue weighted by atomic mass is 16.5. The third-order valence-corrected chi connectivity index (χ3v) is 1.71. The summed E-state index contributed by atoms with van der Waals surface area (Å²) in [6.07, 6.45) is 7.51. The van der Waals surface area contributed by atoms with Gasteiger partial charge in [-0.25, -0.2) is 0 Å². The molecule has 0 amide bonds. The number of aliphatic hydroxyl groups excluding tert-OH is 1. The molecule has 1 rings (SSSR count). The molecule has 1 aliphatic carbocycles. The van der Waals surface area contributed by atoms with Crippen LogP contribution in [0.15, 0.2) is 23.9 Å². The number of rotatable bonds is 3. The van der Waals surface area contributed by atoms with E-state index in [1.165, 1.54) is 0 Å². The van der Waals surface area contributed by atoms with Crippen molar-refractivity contribution in [3.63, 3.8) is 0 Å². The lowest BCUT2D eigenvalue weighted by molar-refractivity contribution is -0.0601. The van der Waals surface area contributed by atoms with E-state index in [1.54, 1.807) is 6.92 Å². The predicted molar refractivity (Wildman–Crippen MR) is 47.0 cm³/mol. The summed E-state index contributed by atoms with van der Waals surface area (Å²) in [5, 5.41) is 20.5. The zero-order valence-electron chi connectivity index (χ0n) is 7.07. The molecule has 0 aromatic carbocycles. The minimum absolute atomic E-state index is 0.340. The monoisotopic (exact) mass is 168 g/mol. The lowest BCUT2D eigenvalue weighted by atomic mass is 10.1. The Morgan fingerprint density at radius 1 is 1.50 bits per heavy atom. The van der Waals surface area contributed by atoms with E-state index in [0.29, 0.717) is 0 Å². The van der Waals surface area contributed by atoms with Gasteiger partial charge in [0, 0.05) is 5.70 Å². The Morgan fingerprint density at radius 3 is 2.75 bits per heavy atom. The van der Waals surface area contributed by atoms with Crippen LogP contribution in [-0.2, 0) is 0 Å². The molecule has 0 spiro atoms. The molecule has 12 heavy (non-hydrogen) atoms. The Balaban J connectivity index is 2.40. The maximum Gasteiger partial charge on any atom is 0.171 e. The summed E-state index contributed by atoms with van der Waals surface area (Å²) in [4.78, 5) is 0. The first-order valence-corrected chi connectivity index (χ1v) is 4.03. The molecule has 67 valence electrons. The molecule has 1 unspecified atom stereocenters. The van der Waals surface area contributed by atoms with Crippen LogP contribution in [0.2, 0.25) is 0 Å². The Morgan fingerprint density at radius 2 is 2.25 bits per heavy atom. The van der Waals surface area contributed by atoms with Crippen molar-refractivity contribution < 1.29 is 10.2 Å². The van der Waals surface area contributed by atoms with Crippen LogP contribution >= 0.6 is 0 Å². The first kappa shape index (κ1) is 9.29. The molecule has 3 nitrogen and oxygen atoms in total. The summed E-state index contributed by atoms with van der Waals surface area (Å²) in [7, 11) is 0. The largest absolute Gasteiger partial charge is 0.378 e. The molecule has 0 saturated carbocycles. The van der Waals surface area contributed by atoms with Crippen molar-refractivity contribution in [2.75, 3.05) is 0 Å². The highest BCUT2D eigenvalue weighted by molar-refractivity contribution is 5.25. The van der Waals surface area contributed by atoms with Crippen molar-refractivity contribution in [2.45, 2.75) is 25.7 Å². The second kappa shape index (κ2) is 4.28. The van der Waals surface area contributed by atoms with Crippen molar-refractivity contribution >= 4 is 0 Å². The summed E-state index contributed by atoms with van der Waals surface area (Å²) in [6, 6.07) is -0.340. The van der Waals surface area contributed by atoms with Crippen molar-refractivity contribution in [3.8, 4) is 0 Å². The number of hydrogen-bond donors (Lipinski definition) is 3. The maximum atomic E-state index is 8.78. The van der Waals surface area contributed by atoms with Crippen LogP contribution in [0.4, 0.5) is 0 Å². The summed E-state index contributed by atoms with van der Waals surface area (Å²) in [6.45, 7) is 1.72. The highest BCUT2D eigenvalue weighted by Crippen LogP contribution is 2.06. The van der Waals surface area contributed by atoms with E-state index in [1.807, 2.05) is 24.6 Å². The molecule has 0 aromatic heterocycles. The van der Waals surface area contributed by atoms with Gasteiger partial charge in [0.15, 0.2) is 6.29 Å². The topological polar surface area (TPSA) is 52.5 Å². The Kier molecular flexibility index (Phi) is 3.31. The third-order valence-electron chi connectivity index (χ3n) is 1.71. The van der Waals surface area contributed by atoms with Crippen LogP contribution in [0.5, 0.6) is 0 Å². The van der Waals surface area contributed by atoms with Gasteiger partial charge in [-0.3, -0.25) is 0 Å². The quantitative estimate of drug-likeness (QED) is 0.532. The van der Waals surface area contributed by atoms with E-state index in [-0.39, 0.29) is 6.04 Å². The van der Waals surface area contributed by atoms with Gasteiger partial charge in [0.05, 0.1) is 6.04 Å². The Hall–Kier alpha value is -0.800. The second-order valence-electron chi connectivity index (χ2n) is 2.84. The first-order valence-electron chi connectivity index (χ1n) is 4.03. The molecule has 1 atom stereocenters. The maximum absolute atomic E-state index is 8.78. The number of aliphatic hydroxyl groups is 2. The van der Waals surface area contributed by atoms with Gasteiger partial charge >= 0.3 is 0 Å². The zero-order valence-corrected chi connectivity index (χ0v) is 7.07. The average Bonchev–Trinajstić information content (AvgIpc) is 2.06. The van der Waals surface area contributed by atoms with Crippen LogP contribution in [0.3, 0.4) is 0 Å². The molecule has 1 aliphatic rings. The zero-order chi connectivity index (χ0) is 8.97. The fourth-order valence-electron chi connectivity index (χ4n) is 0.958. The molecule has 0 saturated heterocycles. The Bertz CT molecular complexity index is 197. The first-order chi connectivity index (χ1) is 5.70. The minimum atomic E-state index is -1.32. The van der Waals surface area contributed by atoms with Crippen LogP contribution in [0.1, 0.15) is 13.3 Å². The van der Waals surface area contributed by atoms with E-state index >= 15 is 0 Å². The third kappa shape index (κ3) is 2.68. The van der Waals surface area contributed by atoms with Crippen LogP contribution in [0, 0.1) is 6.42 Å². The van der Waals surface area contributed by atoms with Crippen molar-refractivity contribution in [1.82, 2.24) is 5.32 Å². The molecular formula is C9H14NO2. The summed E-state index contributed by atoms with van der Waals surface area (Å²) in [5.74, 6) is 0. The number of hydrogen-bond acceptors (Lipinski definition) is 3. The molecule has 3 heteroatoms. The van der Waals surface area contributed by atoms with Gasteiger partial charge in [0.25, 0.3) is 0 Å². The highest BCUT2D eigenvalue weighted by Gasteiger charge is 2.10. The second-order valence-corrected chi connectivity index (χ2v) is 2.84. The van der Waals surface area contributed by atoms with Crippen LogP contribution in [0.25, 0.3) is 0 Å².